The third kappa shape index (κ3) is 6.91. The van der Waals surface area contributed by atoms with Crippen molar-refractivity contribution in [2.24, 2.45) is 0 Å². The minimum atomic E-state index is 1.04. The lowest BCUT2D eigenvalue weighted by molar-refractivity contribution is 0.667. The van der Waals surface area contributed by atoms with Crippen molar-refractivity contribution < 1.29 is 0 Å². The summed E-state index contributed by atoms with van der Waals surface area (Å²) in [5.41, 5.74) is 8.06. The average molecular weight is 405 g/mol. The summed E-state index contributed by atoms with van der Waals surface area (Å²) in [4.78, 5) is 0. The molecule has 0 spiro atoms. The van der Waals surface area contributed by atoms with E-state index in [1.54, 1.807) is 0 Å². The molecule has 31 heavy (non-hydrogen) atoms. The monoisotopic (exact) mass is 404 g/mol. The quantitative estimate of drug-likeness (QED) is 0.295. The van der Waals surface area contributed by atoms with E-state index in [-0.39, 0.29) is 0 Å². The van der Waals surface area contributed by atoms with Crippen molar-refractivity contribution in [2.45, 2.75) is 59.3 Å². The highest BCUT2D eigenvalue weighted by atomic mass is 14.0. The van der Waals surface area contributed by atoms with Crippen LogP contribution < -0.4 is 0 Å². The van der Waals surface area contributed by atoms with Crippen LogP contribution in [-0.2, 0) is 12.8 Å². The number of aryl methyl sites for hydroxylation is 2. The van der Waals surface area contributed by atoms with Crippen LogP contribution in [0.15, 0.2) is 66.7 Å². The molecule has 0 heteroatoms. The number of rotatable bonds is 6. The molecule has 0 N–H and O–H groups in total. The van der Waals surface area contributed by atoms with Crippen molar-refractivity contribution in [3.05, 3.63) is 106 Å². The summed E-state index contributed by atoms with van der Waals surface area (Å²) in [5, 5.41) is 0. The highest BCUT2D eigenvalue weighted by Crippen LogP contribution is 2.14. The molecule has 0 aliphatic heterocycles. The molecule has 0 unspecified atom stereocenters. The molecule has 0 nitrogen and oxygen atoms in total. The summed E-state index contributed by atoms with van der Waals surface area (Å²) in [5.74, 6) is 13.3. The normalized spacial score (nSPS) is 10.0. The van der Waals surface area contributed by atoms with E-state index in [9.17, 15) is 0 Å². The van der Waals surface area contributed by atoms with E-state index >= 15 is 0 Å². The molecule has 0 aliphatic carbocycles. The molecule has 3 rings (SSSR count). The number of hydrogen-bond donors (Lipinski definition) is 0. The summed E-state index contributed by atoms with van der Waals surface area (Å²) >= 11 is 0. The van der Waals surface area contributed by atoms with Crippen molar-refractivity contribution in [3.8, 4) is 23.7 Å². The first-order chi connectivity index (χ1) is 15.2. The fourth-order valence-electron chi connectivity index (χ4n) is 3.52. The van der Waals surface area contributed by atoms with Gasteiger partial charge in [0.15, 0.2) is 0 Å². The summed E-state index contributed by atoms with van der Waals surface area (Å²) < 4.78 is 0. The van der Waals surface area contributed by atoms with Crippen LogP contribution in [0.3, 0.4) is 0 Å². The van der Waals surface area contributed by atoms with E-state index < -0.39 is 0 Å². The van der Waals surface area contributed by atoms with Crippen molar-refractivity contribution in [2.75, 3.05) is 0 Å². The first-order valence-corrected chi connectivity index (χ1v) is 11.5. The Morgan fingerprint density at radius 1 is 0.581 bits per heavy atom. The number of benzene rings is 3. The summed E-state index contributed by atoms with van der Waals surface area (Å²) in [6.45, 7) is 6.52. The maximum absolute atomic E-state index is 3.34. The van der Waals surface area contributed by atoms with Gasteiger partial charge in [-0.05, 0) is 79.3 Å². The number of unbranched alkanes of at least 4 members (excludes halogenated alkanes) is 3. The molecule has 0 saturated carbocycles. The van der Waals surface area contributed by atoms with Gasteiger partial charge >= 0.3 is 0 Å². The van der Waals surface area contributed by atoms with Crippen LogP contribution >= 0.6 is 0 Å². The van der Waals surface area contributed by atoms with Crippen LogP contribution in [0.4, 0.5) is 0 Å². The molecule has 0 bridgehead atoms. The summed E-state index contributed by atoms with van der Waals surface area (Å²) in [7, 11) is 0. The first-order valence-electron chi connectivity index (χ1n) is 11.5. The Bertz CT molecular complexity index is 1090. The van der Waals surface area contributed by atoms with Gasteiger partial charge in [0, 0.05) is 22.3 Å². The third-order valence-electron chi connectivity index (χ3n) is 5.65. The summed E-state index contributed by atoms with van der Waals surface area (Å²) in [6.07, 6.45) is 7.42. The van der Waals surface area contributed by atoms with Gasteiger partial charge in [-0.3, -0.25) is 0 Å². The zero-order valence-electron chi connectivity index (χ0n) is 19.1. The Kier molecular flexibility index (Phi) is 8.58. The average Bonchev–Trinajstić information content (AvgIpc) is 2.81. The molecule has 0 saturated heterocycles. The van der Waals surface area contributed by atoms with Crippen LogP contribution in [0.1, 0.15) is 78.5 Å². The molecule has 3 aromatic carbocycles. The maximum Gasteiger partial charge on any atom is 0.0290 e. The fourth-order valence-corrected chi connectivity index (χ4v) is 3.52. The Morgan fingerprint density at radius 3 is 1.65 bits per heavy atom. The van der Waals surface area contributed by atoms with Crippen LogP contribution in [-0.4, -0.2) is 0 Å². The van der Waals surface area contributed by atoms with Gasteiger partial charge in [-0.1, -0.05) is 87.1 Å². The predicted octanol–water partition coefficient (Wildman–Crippen LogP) is 7.48. The van der Waals surface area contributed by atoms with Gasteiger partial charge in [-0.15, -0.1) is 0 Å². The van der Waals surface area contributed by atoms with E-state index in [2.05, 4.69) is 105 Å². The van der Waals surface area contributed by atoms with Gasteiger partial charge in [0.1, 0.15) is 0 Å². The van der Waals surface area contributed by atoms with Gasteiger partial charge in [-0.25, -0.2) is 0 Å². The maximum atomic E-state index is 3.34. The minimum absolute atomic E-state index is 1.04. The largest absolute Gasteiger partial charge is 0.0654 e. The second kappa shape index (κ2) is 11.8. The second-order valence-corrected chi connectivity index (χ2v) is 8.04. The number of hydrogen-bond acceptors (Lipinski definition) is 0. The SMILES string of the molecule is CCCCCCc1ccc(C#Cc2cccc(C#Cc3ccc(CC)cc3)c2C)cc1. The Labute approximate surface area is 188 Å². The highest BCUT2D eigenvalue weighted by Gasteiger charge is 2.00. The zero-order valence-corrected chi connectivity index (χ0v) is 19.1. The van der Waals surface area contributed by atoms with Gasteiger partial charge in [0.05, 0.1) is 0 Å². The lowest BCUT2D eigenvalue weighted by Crippen LogP contribution is -1.89. The van der Waals surface area contributed by atoms with Crippen LogP contribution in [0.5, 0.6) is 0 Å². The Balaban J connectivity index is 1.70. The van der Waals surface area contributed by atoms with Gasteiger partial charge < -0.3 is 0 Å². The van der Waals surface area contributed by atoms with E-state index in [1.165, 1.54) is 36.8 Å². The molecule has 0 heterocycles. The Morgan fingerprint density at radius 2 is 1.13 bits per heavy atom. The van der Waals surface area contributed by atoms with Crippen molar-refractivity contribution in [1.29, 1.82) is 0 Å². The molecular weight excluding hydrogens is 372 g/mol. The topological polar surface area (TPSA) is 0 Å². The van der Waals surface area contributed by atoms with Crippen LogP contribution in [0, 0.1) is 30.6 Å². The Hall–Kier alpha value is -3.22. The molecule has 0 radical (unpaired) electrons. The standard InChI is InChI=1S/C31H32/c1-4-6-7-8-10-27-17-19-29(20-18-27)22-24-31-12-9-11-30(25(31)3)23-21-28-15-13-26(5-2)14-16-28/h9,11-20H,4-8,10H2,1-3H3. The smallest absolute Gasteiger partial charge is 0.0290 e. The molecule has 0 fully saturated rings. The van der Waals surface area contributed by atoms with Crippen molar-refractivity contribution in [3.63, 3.8) is 0 Å². The zero-order chi connectivity index (χ0) is 21.9. The molecule has 0 aromatic heterocycles. The third-order valence-corrected chi connectivity index (χ3v) is 5.65. The molecule has 0 aliphatic rings. The van der Waals surface area contributed by atoms with Gasteiger partial charge in [-0.2, -0.15) is 0 Å². The summed E-state index contributed by atoms with van der Waals surface area (Å²) in [6, 6.07) is 23.4. The minimum Gasteiger partial charge on any atom is -0.0654 e. The first kappa shape index (κ1) is 22.5. The van der Waals surface area contributed by atoms with Crippen LogP contribution in [0.25, 0.3) is 0 Å². The lowest BCUT2D eigenvalue weighted by Gasteiger charge is -2.02. The molecular formula is C31H32. The highest BCUT2D eigenvalue weighted by molar-refractivity contribution is 5.54. The lowest BCUT2D eigenvalue weighted by atomic mass is 10.0. The molecule has 3 aromatic rings. The van der Waals surface area contributed by atoms with E-state index in [1.807, 2.05) is 6.07 Å². The molecule has 0 atom stereocenters. The van der Waals surface area contributed by atoms with E-state index in [0.717, 1.165) is 40.7 Å². The van der Waals surface area contributed by atoms with Crippen molar-refractivity contribution in [1.82, 2.24) is 0 Å². The van der Waals surface area contributed by atoms with E-state index in [4.69, 9.17) is 0 Å². The molecule has 0 amide bonds. The predicted molar refractivity (Wildman–Crippen MR) is 133 cm³/mol. The molecule has 156 valence electrons. The van der Waals surface area contributed by atoms with Gasteiger partial charge in [0.25, 0.3) is 0 Å². The van der Waals surface area contributed by atoms with Crippen LogP contribution in [0.2, 0.25) is 0 Å². The fraction of sp³-hybridized carbons (Fsp3) is 0.290. The van der Waals surface area contributed by atoms with Crippen molar-refractivity contribution >= 4 is 0 Å². The second-order valence-electron chi connectivity index (χ2n) is 8.04. The van der Waals surface area contributed by atoms with Gasteiger partial charge in [0.2, 0.25) is 0 Å². The van der Waals surface area contributed by atoms with E-state index in [0.29, 0.717) is 0 Å².